The zero-order valence-corrected chi connectivity index (χ0v) is 17.1. The van der Waals surface area contributed by atoms with Gasteiger partial charge < -0.3 is 15.3 Å². The van der Waals surface area contributed by atoms with E-state index in [9.17, 15) is 19.2 Å². The van der Waals surface area contributed by atoms with Crippen molar-refractivity contribution >= 4 is 40.5 Å². The fraction of sp³-hybridized carbons (Fsp3) is 0.750. The van der Waals surface area contributed by atoms with E-state index >= 15 is 0 Å². The Morgan fingerprint density at radius 3 is 0.625 bits per heavy atom. The van der Waals surface area contributed by atoms with Gasteiger partial charge in [-0.25, -0.2) is 0 Å². The number of ketones is 4. The number of carbonyl (C=O) groups is 4. The average Bonchev–Trinajstić information content (AvgIpc) is 2.28. The Morgan fingerprint density at radius 1 is 0.542 bits per heavy atom. The molecule has 0 fully saturated rings. The van der Waals surface area contributed by atoms with E-state index in [1.165, 1.54) is 27.7 Å². The molecule has 0 rings (SSSR count). The van der Waals surface area contributed by atoms with Crippen LogP contribution >= 0.6 is 0 Å². The molecule has 140 valence electrons. The Balaban J connectivity index is -0.0000000446. The summed E-state index contributed by atoms with van der Waals surface area (Å²) in [6, 6.07) is 0. The van der Waals surface area contributed by atoms with Gasteiger partial charge in [-0.3, -0.25) is 19.2 Å². The van der Waals surface area contributed by atoms with E-state index in [1.54, 1.807) is 20.8 Å². The average molecular weight is 362 g/mol. The molecule has 0 saturated carbocycles. The van der Waals surface area contributed by atoms with Crippen molar-refractivity contribution in [2.75, 3.05) is 19.8 Å². The Labute approximate surface area is 156 Å². The minimum Gasteiger partial charge on any atom is -0.855 e. The van der Waals surface area contributed by atoms with Gasteiger partial charge in [0, 0.05) is 0 Å². The summed E-state index contributed by atoms with van der Waals surface area (Å²) in [5.41, 5.74) is 0. The van der Waals surface area contributed by atoms with Crippen LogP contribution in [0, 0.1) is 0 Å². The molecule has 0 N–H and O–H groups in total. The number of hydrogen-bond acceptors (Lipinski definition) is 7. The summed E-state index contributed by atoms with van der Waals surface area (Å²) >= 11 is 0. The summed E-state index contributed by atoms with van der Waals surface area (Å²) < 4.78 is 0. The zero-order chi connectivity index (χ0) is 19.8. The Bertz CT molecular complexity index is 237. The van der Waals surface area contributed by atoms with Crippen LogP contribution < -0.4 is 15.3 Å². The molecular formula is C16H31AlO7. The first kappa shape index (κ1) is 38.6. The minimum atomic E-state index is -0.0625. The second-order valence-corrected chi connectivity index (χ2v) is 4.03. The Hall–Kier alpha value is -0.908. The summed E-state index contributed by atoms with van der Waals surface area (Å²) in [5, 5.41) is 26.8. The van der Waals surface area contributed by atoms with Crippen molar-refractivity contribution in [2.24, 2.45) is 0 Å². The van der Waals surface area contributed by atoms with Crippen molar-refractivity contribution in [1.82, 2.24) is 0 Å². The van der Waals surface area contributed by atoms with Gasteiger partial charge in [-0.1, -0.05) is 20.8 Å². The maximum Gasteiger partial charge on any atom is 3.00 e. The van der Waals surface area contributed by atoms with Crippen LogP contribution in [0.5, 0.6) is 0 Å². The minimum absolute atomic E-state index is 0. The number of rotatable bonds is 4. The number of carbonyl (C=O) groups excluding carboxylic acids is 4. The summed E-state index contributed by atoms with van der Waals surface area (Å²) in [6.07, 6.45) is 0.167. The van der Waals surface area contributed by atoms with Crippen molar-refractivity contribution in [3.63, 3.8) is 0 Å². The maximum atomic E-state index is 10.0. The van der Waals surface area contributed by atoms with Crippen LogP contribution in [0.4, 0.5) is 0 Å². The van der Waals surface area contributed by atoms with Crippen molar-refractivity contribution in [3.05, 3.63) is 0 Å². The van der Waals surface area contributed by atoms with Gasteiger partial charge in [-0.2, -0.15) is 0 Å². The van der Waals surface area contributed by atoms with Gasteiger partial charge in [0.2, 0.25) is 0 Å². The molecule has 0 aromatic heterocycles. The van der Waals surface area contributed by atoms with Crippen molar-refractivity contribution < 1.29 is 34.5 Å². The summed E-state index contributed by atoms with van der Waals surface area (Å²) in [6.45, 7) is 10.3. The van der Waals surface area contributed by atoms with Crippen molar-refractivity contribution in [1.29, 1.82) is 0 Å². The van der Waals surface area contributed by atoms with Crippen LogP contribution in [0.3, 0.4) is 0 Å². The predicted molar refractivity (Wildman–Crippen MR) is 89.3 cm³/mol. The second-order valence-electron chi connectivity index (χ2n) is 4.03. The van der Waals surface area contributed by atoms with Gasteiger partial charge in [0.05, 0.1) is 12.8 Å². The smallest absolute Gasteiger partial charge is 0.855 e. The largest absolute Gasteiger partial charge is 3.00 e. The molecule has 0 aliphatic carbocycles. The van der Waals surface area contributed by atoms with Crippen LogP contribution in [0.2, 0.25) is 0 Å². The van der Waals surface area contributed by atoms with E-state index in [1.807, 2.05) is 0 Å². The molecule has 0 bridgehead atoms. The van der Waals surface area contributed by atoms with E-state index < -0.39 is 0 Å². The van der Waals surface area contributed by atoms with Gasteiger partial charge in [-0.05, 0) is 27.7 Å². The third kappa shape index (κ3) is 169. The predicted octanol–water partition coefficient (Wildman–Crippen LogP) is -1.17. The maximum absolute atomic E-state index is 10.0. The molecule has 8 heteroatoms. The van der Waals surface area contributed by atoms with Crippen LogP contribution in [-0.2, 0) is 19.2 Å². The van der Waals surface area contributed by atoms with Gasteiger partial charge >= 0.3 is 17.4 Å². The molecule has 0 amide bonds. The van der Waals surface area contributed by atoms with Gasteiger partial charge in [0.15, 0.2) is 0 Å². The summed E-state index contributed by atoms with van der Waals surface area (Å²) in [7, 11) is 0. The molecule has 0 aromatic rings. The van der Waals surface area contributed by atoms with Gasteiger partial charge in [0.25, 0.3) is 0 Å². The standard InChI is InChI=1S/2C5H8O2.3C2H5O.Al/c2*1-4(6)3-5(2)7;3*1-2-3;/h2*3H2,1-2H3;3*2H2,1H3;/q;;3*-1;+3. The number of hydrogen-bond donors (Lipinski definition) is 0. The number of Topliss-reactive ketones (excluding diaryl/α,β-unsaturated/α-hetero) is 4. The molecule has 0 atom stereocenters. The molecule has 0 saturated heterocycles. The van der Waals surface area contributed by atoms with E-state index in [0.717, 1.165) is 0 Å². The third-order valence-electron chi connectivity index (χ3n) is 0.996. The third-order valence-corrected chi connectivity index (χ3v) is 0.996. The van der Waals surface area contributed by atoms with Crippen molar-refractivity contribution in [2.45, 2.75) is 61.3 Å². The molecular weight excluding hydrogens is 331 g/mol. The van der Waals surface area contributed by atoms with Gasteiger partial charge in [-0.15, -0.1) is 19.8 Å². The van der Waals surface area contributed by atoms with E-state index in [2.05, 4.69) is 0 Å². The molecule has 7 nitrogen and oxygen atoms in total. The summed E-state index contributed by atoms with van der Waals surface area (Å²) in [5.74, 6) is -0.250. The Morgan fingerprint density at radius 2 is 0.625 bits per heavy atom. The molecule has 0 spiro atoms. The second kappa shape index (κ2) is 38.0. The van der Waals surface area contributed by atoms with Crippen LogP contribution in [-0.4, -0.2) is 60.3 Å². The fourth-order valence-corrected chi connectivity index (χ4v) is 0.701. The van der Waals surface area contributed by atoms with E-state index in [4.69, 9.17) is 15.3 Å². The van der Waals surface area contributed by atoms with E-state index in [-0.39, 0.29) is 73.2 Å². The quantitative estimate of drug-likeness (QED) is 0.453. The molecule has 24 heavy (non-hydrogen) atoms. The van der Waals surface area contributed by atoms with Crippen LogP contribution in [0.15, 0.2) is 0 Å². The fourth-order valence-electron chi connectivity index (χ4n) is 0.701. The monoisotopic (exact) mass is 362 g/mol. The first-order valence-electron chi connectivity index (χ1n) is 7.22. The van der Waals surface area contributed by atoms with Crippen LogP contribution in [0.25, 0.3) is 0 Å². The molecule has 0 heterocycles. The zero-order valence-electron chi connectivity index (χ0n) is 16.0. The Kier molecular flexibility index (Phi) is 61.0. The molecule has 0 unspecified atom stereocenters. The molecule has 0 aliphatic rings. The summed E-state index contributed by atoms with van der Waals surface area (Å²) in [4.78, 5) is 40.1. The van der Waals surface area contributed by atoms with Crippen LogP contribution in [0.1, 0.15) is 61.3 Å². The van der Waals surface area contributed by atoms with E-state index in [0.29, 0.717) is 0 Å². The first-order chi connectivity index (χ1) is 10.5. The first-order valence-corrected chi connectivity index (χ1v) is 7.22. The van der Waals surface area contributed by atoms with Gasteiger partial charge in [0.1, 0.15) is 23.1 Å². The normalized spacial score (nSPS) is 7.08. The topological polar surface area (TPSA) is 137 Å². The molecule has 0 aromatic carbocycles. The van der Waals surface area contributed by atoms with Crippen molar-refractivity contribution in [3.8, 4) is 0 Å². The SMILES string of the molecule is CC(=O)CC(C)=O.CC(=O)CC(C)=O.CC[O-].CC[O-].CC[O-].[Al+3]. The molecule has 0 aliphatic heterocycles. The molecule has 0 radical (unpaired) electrons.